The van der Waals surface area contributed by atoms with Gasteiger partial charge in [0, 0.05) is 6.54 Å². The molecular weight excluding hydrogens is 149 g/mol. The lowest BCUT2D eigenvalue weighted by molar-refractivity contribution is 0.266. The zero-order valence-electron chi connectivity index (χ0n) is 6.07. The lowest BCUT2D eigenvalue weighted by atomic mass is 10.4. The van der Waals surface area contributed by atoms with E-state index in [0.29, 0.717) is 18.7 Å². The zero-order valence-corrected chi connectivity index (χ0v) is 6.07. The third-order valence-electron chi connectivity index (χ3n) is 1.36. The summed E-state index contributed by atoms with van der Waals surface area (Å²) >= 11 is 0. The quantitative estimate of drug-likeness (QED) is 0.679. The topological polar surface area (TPSA) is 50.9 Å². The third-order valence-corrected chi connectivity index (χ3v) is 1.36. The summed E-state index contributed by atoms with van der Waals surface area (Å²) in [5.41, 5.74) is 0.624. The Kier molecular flexibility index (Phi) is 2.97. The van der Waals surface area contributed by atoms with Crippen molar-refractivity contribution in [3.05, 3.63) is 11.9 Å². The third kappa shape index (κ3) is 1.98. The Labute approximate surface area is 63.6 Å². The predicted molar refractivity (Wildman–Crippen MR) is 36.5 cm³/mol. The van der Waals surface area contributed by atoms with Gasteiger partial charge in [0.2, 0.25) is 0 Å². The Hall–Kier alpha value is -0.970. The van der Waals surface area contributed by atoms with Gasteiger partial charge >= 0.3 is 0 Å². The van der Waals surface area contributed by atoms with E-state index in [1.807, 2.05) is 0 Å². The number of hydrogen-bond donors (Lipinski definition) is 1. The average Bonchev–Trinajstić information content (AvgIpc) is 2.47. The highest BCUT2D eigenvalue weighted by Crippen LogP contribution is 1.97. The maximum absolute atomic E-state index is 11.7. The molecule has 0 aliphatic rings. The molecule has 0 saturated heterocycles. The number of aryl methyl sites for hydroxylation is 1. The molecule has 11 heavy (non-hydrogen) atoms. The monoisotopic (exact) mass is 159 g/mol. The average molecular weight is 159 g/mol. The number of hydrogen-bond acceptors (Lipinski definition) is 3. The van der Waals surface area contributed by atoms with Gasteiger partial charge in [0.15, 0.2) is 0 Å². The number of nitrogens with zero attached hydrogens (tertiary/aromatic N) is 3. The zero-order chi connectivity index (χ0) is 8.10. The lowest BCUT2D eigenvalue weighted by Gasteiger charge is -2.00. The first kappa shape index (κ1) is 8.13. The summed E-state index contributed by atoms with van der Waals surface area (Å²) < 4.78 is 13.2. The molecule has 4 nitrogen and oxygen atoms in total. The molecule has 0 aliphatic heterocycles. The van der Waals surface area contributed by atoms with Crippen LogP contribution in [-0.2, 0) is 13.2 Å². The van der Waals surface area contributed by atoms with Crippen molar-refractivity contribution in [2.24, 2.45) is 0 Å². The number of aliphatic hydroxyl groups is 1. The van der Waals surface area contributed by atoms with E-state index in [4.69, 9.17) is 5.11 Å². The van der Waals surface area contributed by atoms with Crippen LogP contribution in [0.2, 0.25) is 0 Å². The first-order valence-corrected chi connectivity index (χ1v) is 3.42. The van der Waals surface area contributed by atoms with Gasteiger partial charge in [-0.05, 0) is 6.42 Å². The molecule has 1 heterocycles. The summed E-state index contributed by atoms with van der Waals surface area (Å²) in [4.78, 5) is 0. The fourth-order valence-electron chi connectivity index (χ4n) is 0.799. The molecule has 0 radical (unpaired) electrons. The fourth-order valence-corrected chi connectivity index (χ4v) is 0.799. The van der Waals surface area contributed by atoms with Gasteiger partial charge in [-0.3, -0.25) is 4.39 Å². The smallest absolute Gasteiger partial charge is 0.0912 e. The largest absolute Gasteiger partial charge is 0.390 e. The van der Waals surface area contributed by atoms with Crippen LogP contribution in [-0.4, -0.2) is 26.8 Å². The molecule has 0 saturated carbocycles. The molecule has 0 unspecified atom stereocenters. The number of halogens is 1. The van der Waals surface area contributed by atoms with Gasteiger partial charge in [0.1, 0.15) is 0 Å². The van der Waals surface area contributed by atoms with Crippen molar-refractivity contribution in [3.8, 4) is 0 Å². The number of aliphatic hydroxyl groups excluding tert-OH is 1. The normalized spacial score (nSPS) is 10.4. The van der Waals surface area contributed by atoms with E-state index < -0.39 is 0 Å². The standard InChI is InChI=1S/C6H10FN3O/c7-2-1-3-10-6(5-11)4-8-9-10/h4,11H,1-3,5H2. The molecule has 0 atom stereocenters. The minimum atomic E-state index is -0.370. The Morgan fingerprint density at radius 2 is 2.45 bits per heavy atom. The summed E-state index contributed by atoms with van der Waals surface area (Å²) in [5, 5.41) is 16.0. The maximum atomic E-state index is 11.7. The van der Waals surface area contributed by atoms with Crippen molar-refractivity contribution in [2.45, 2.75) is 19.6 Å². The summed E-state index contributed by atoms with van der Waals surface area (Å²) in [6, 6.07) is 0. The Balaban J connectivity index is 2.54. The lowest BCUT2D eigenvalue weighted by Crippen LogP contribution is -2.05. The molecule has 0 aromatic carbocycles. The molecule has 1 aromatic rings. The minimum absolute atomic E-state index is 0.0979. The summed E-state index contributed by atoms with van der Waals surface area (Å²) in [6.07, 6.45) is 1.88. The van der Waals surface area contributed by atoms with E-state index in [-0.39, 0.29) is 13.3 Å². The van der Waals surface area contributed by atoms with Gasteiger partial charge in [-0.25, -0.2) is 4.68 Å². The second-order valence-corrected chi connectivity index (χ2v) is 2.15. The molecule has 0 aliphatic carbocycles. The van der Waals surface area contributed by atoms with E-state index in [0.717, 1.165) is 0 Å². The van der Waals surface area contributed by atoms with Crippen molar-refractivity contribution in [3.63, 3.8) is 0 Å². The van der Waals surface area contributed by atoms with E-state index in [2.05, 4.69) is 10.3 Å². The summed E-state index contributed by atoms with van der Waals surface area (Å²) in [7, 11) is 0. The highest BCUT2D eigenvalue weighted by Gasteiger charge is 2.00. The summed E-state index contributed by atoms with van der Waals surface area (Å²) in [5.74, 6) is 0. The Morgan fingerprint density at radius 1 is 1.64 bits per heavy atom. The van der Waals surface area contributed by atoms with Crippen LogP contribution < -0.4 is 0 Å². The van der Waals surface area contributed by atoms with Crippen molar-refractivity contribution in [1.29, 1.82) is 0 Å². The molecule has 0 amide bonds. The van der Waals surface area contributed by atoms with Crippen LogP contribution in [0, 0.1) is 0 Å². The van der Waals surface area contributed by atoms with Crippen LogP contribution in [0.5, 0.6) is 0 Å². The minimum Gasteiger partial charge on any atom is -0.390 e. The first-order chi connectivity index (χ1) is 5.38. The van der Waals surface area contributed by atoms with Crippen LogP contribution >= 0.6 is 0 Å². The first-order valence-electron chi connectivity index (χ1n) is 3.42. The predicted octanol–water partition coefficient (Wildman–Crippen LogP) is 0.130. The van der Waals surface area contributed by atoms with Crippen LogP contribution in [0.15, 0.2) is 6.20 Å². The van der Waals surface area contributed by atoms with E-state index in [1.54, 1.807) is 0 Å². The van der Waals surface area contributed by atoms with Crippen molar-refractivity contribution >= 4 is 0 Å². The van der Waals surface area contributed by atoms with Crippen molar-refractivity contribution in [2.75, 3.05) is 6.67 Å². The van der Waals surface area contributed by atoms with Crippen LogP contribution in [0.1, 0.15) is 12.1 Å². The number of alkyl halides is 1. The second kappa shape index (κ2) is 4.02. The van der Waals surface area contributed by atoms with Crippen LogP contribution in [0.25, 0.3) is 0 Å². The van der Waals surface area contributed by atoms with Gasteiger partial charge in [0.25, 0.3) is 0 Å². The number of aromatic nitrogens is 3. The molecule has 5 heteroatoms. The Morgan fingerprint density at radius 3 is 3.09 bits per heavy atom. The van der Waals surface area contributed by atoms with Crippen molar-refractivity contribution in [1.82, 2.24) is 15.0 Å². The molecule has 0 fully saturated rings. The van der Waals surface area contributed by atoms with Gasteiger partial charge in [-0.2, -0.15) is 0 Å². The van der Waals surface area contributed by atoms with E-state index in [9.17, 15) is 4.39 Å². The van der Waals surface area contributed by atoms with Crippen LogP contribution in [0.4, 0.5) is 4.39 Å². The highest BCUT2D eigenvalue weighted by atomic mass is 19.1. The van der Waals surface area contributed by atoms with Gasteiger partial charge in [0.05, 0.1) is 25.2 Å². The van der Waals surface area contributed by atoms with Crippen LogP contribution in [0.3, 0.4) is 0 Å². The summed E-state index contributed by atoms with van der Waals surface area (Å²) in [6.45, 7) is 0.0103. The SMILES string of the molecule is OCc1cnnn1CCCF. The Bertz CT molecular complexity index is 213. The van der Waals surface area contributed by atoms with E-state index in [1.165, 1.54) is 10.9 Å². The number of rotatable bonds is 4. The van der Waals surface area contributed by atoms with Gasteiger partial charge in [-0.1, -0.05) is 5.21 Å². The van der Waals surface area contributed by atoms with Crippen molar-refractivity contribution < 1.29 is 9.50 Å². The molecule has 1 aromatic heterocycles. The molecule has 0 spiro atoms. The fraction of sp³-hybridized carbons (Fsp3) is 0.667. The van der Waals surface area contributed by atoms with Gasteiger partial charge < -0.3 is 5.11 Å². The van der Waals surface area contributed by atoms with E-state index >= 15 is 0 Å². The second-order valence-electron chi connectivity index (χ2n) is 2.15. The van der Waals surface area contributed by atoms with Gasteiger partial charge in [-0.15, -0.1) is 5.10 Å². The molecule has 1 rings (SSSR count). The molecule has 62 valence electrons. The highest BCUT2D eigenvalue weighted by molar-refractivity contribution is 4.90. The molecular formula is C6H10FN3O. The molecule has 1 N–H and O–H groups in total. The maximum Gasteiger partial charge on any atom is 0.0912 e. The molecule has 0 bridgehead atoms.